The first-order valence-corrected chi connectivity index (χ1v) is 10.7. The molecule has 1 amide bonds. The number of carbonyl (C=O) groups excluding carboxylic acids is 1. The number of aromatic nitrogens is 3. The average molecular weight is 424 g/mol. The summed E-state index contributed by atoms with van der Waals surface area (Å²) < 4.78 is 13.9. The second-order valence-corrected chi connectivity index (χ2v) is 7.80. The fraction of sp³-hybridized carbons (Fsp3) is 0.227. The van der Waals surface area contributed by atoms with E-state index in [1.807, 2.05) is 58.4 Å². The van der Waals surface area contributed by atoms with Crippen LogP contribution >= 0.6 is 11.8 Å². The van der Waals surface area contributed by atoms with Crippen molar-refractivity contribution in [1.82, 2.24) is 20.1 Å². The third-order valence-electron chi connectivity index (χ3n) is 4.87. The summed E-state index contributed by atoms with van der Waals surface area (Å²) in [5.41, 5.74) is 1.67. The lowest BCUT2D eigenvalue weighted by Gasteiger charge is -2.36. The topological polar surface area (TPSA) is 65.1 Å². The molecule has 0 aliphatic carbocycles. The van der Waals surface area contributed by atoms with Crippen LogP contribution in [0.4, 0.5) is 10.1 Å². The van der Waals surface area contributed by atoms with E-state index in [-0.39, 0.29) is 17.5 Å². The van der Waals surface area contributed by atoms with Crippen LogP contribution in [0, 0.1) is 5.82 Å². The third kappa shape index (κ3) is 5.07. The summed E-state index contributed by atoms with van der Waals surface area (Å²) in [5, 5.41) is 7.58. The van der Waals surface area contributed by atoms with Gasteiger partial charge in [0.15, 0.2) is 0 Å². The third-order valence-corrected chi connectivity index (χ3v) is 5.70. The van der Waals surface area contributed by atoms with Gasteiger partial charge >= 0.3 is 0 Å². The van der Waals surface area contributed by atoms with Crippen molar-refractivity contribution in [2.75, 3.05) is 36.8 Å². The highest BCUT2D eigenvalue weighted by Crippen LogP contribution is 2.21. The zero-order valence-corrected chi connectivity index (χ0v) is 17.2. The minimum absolute atomic E-state index is 0.0411. The van der Waals surface area contributed by atoms with Gasteiger partial charge in [-0.05, 0) is 23.8 Å². The first-order valence-electron chi connectivity index (χ1n) is 9.74. The van der Waals surface area contributed by atoms with E-state index in [9.17, 15) is 9.18 Å². The quantitative estimate of drug-likeness (QED) is 0.614. The lowest BCUT2D eigenvalue weighted by Crippen LogP contribution is -2.49. The molecule has 1 aliphatic rings. The first kappa shape index (κ1) is 20.2. The number of hydrogen-bond donors (Lipinski definition) is 1. The van der Waals surface area contributed by atoms with Crippen LogP contribution in [0.25, 0.3) is 12.2 Å². The van der Waals surface area contributed by atoms with Crippen molar-refractivity contribution in [2.45, 2.75) is 5.16 Å². The Morgan fingerprint density at radius 3 is 2.53 bits per heavy atom. The molecule has 2 aromatic carbocycles. The van der Waals surface area contributed by atoms with Crippen molar-refractivity contribution < 1.29 is 9.18 Å². The minimum Gasteiger partial charge on any atom is -0.366 e. The highest BCUT2D eigenvalue weighted by molar-refractivity contribution is 7.99. The lowest BCUT2D eigenvalue weighted by atomic mass is 10.2. The van der Waals surface area contributed by atoms with Crippen LogP contribution in [0.2, 0.25) is 0 Å². The molecular weight excluding hydrogens is 401 g/mol. The van der Waals surface area contributed by atoms with Crippen LogP contribution in [-0.4, -0.2) is 57.9 Å². The molecule has 3 aromatic rings. The van der Waals surface area contributed by atoms with Crippen molar-refractivity contribution in [3.05, 3.63) is 71.8 Å². The fourth-order valence-electron chi connectivity index (χ4n) is 3.26. The Morgan fingerprint density at radius 1 is 1.03 bits per heavy atom. The summed E-state index contributed by atoms with van der Waals surface area (Å²) in [6, 6.07) is 16.7. The van der Waals surface area contributed by atoms with Crippen molar-refractivity contribution in [1.29, 1.82) is 0 Å². The molecule has 1 aromatic heterocycles. The molecule has 0 unspecified atom stereocenters. The monoisotopic (exact) mass is 423 g/mol. The maximum absolute atomic E-state index is 13.9. The fourth-order valence-corrected chi connectivity index (χ4v) is 3.97. The highest BCUT2D eigenvalue weighted by Gasteiger charge is 2.23. The van der Waals surface area contributed by atoms with E-state index in [2.05, 4.69) is 15.2 Å². The second-order valence-electron chi connectivity index (χ2n) is 6.86. The van der Waals surface area contributed by atoms with E-state index in [4.69, 9.17) is 0 Å². The standard InChI is InChI=1S/C22H22FN5OS/c23-18-8-4-5-9-19(18)27-12-14-28(15-13-27)21(29)16-30-22-24-20(25-26-22)11-10-17-6-2-1-3-7-17/h1-11H,12-16H2,(H,24,25,26)/b11-10+. The number of amides is 1. The number of H-pyrrole nitrogens is 1. The molecule has 2 heterocycles. The molecule has 154 valence electrons. The molecule has 6 nitrogen and oxygen atoms in total. The summed E-state index contributed by atoms with van der Waals surface area (Å²) in [4.78, 5) is 20.7. The summed E-state index contributed by atoms with van der Waals surface area (Å²) in [7, 11) is 0. The highest BCUT2D eigenvalue weighted by atomic mass is 32.2. The minimum atomic E-state index is -0.227. The first-order chi connectivity index (χ1) is 14.7. The van der Waals surface area contributed by atoms with E-state index in [1.54, 1.807) is 12.1 Å². The van der Waals surface area contributed by atoms with Crippen molar-refractivity contribution in [3.8, 4) is 0 Å². The SMILES string of the molecule is O=C(CSc1n[nH]c(/C=C/c2ccccc2)n1)N1CCN(c2ccccc2F)CC1. The molecule has 30 heavy (non-hydrogen) atoms. The van der Waals surface area contributed by atoms with E-state index in [0.29, 0.717) is 42.8 Å². The number of para-hydroxylation sites is 1. The molecular formula is C22H22FN5OS. The number of nitrogens with zero attached hydrogens (tertiary/aromatic N) is 4. The number of aromatic amines is 1. The molecule has 0 radical (unpaired) electrons. The zero-order chi connectivity index (χ0) is 20.8. The molecule has 1 fully saturated rings. The van der Waals surface area contributed by atoms with Gasteiger partial charge in [0.05, 0.1) is 11.4 Å². The van der Waals surface area contributed by atoms with Gasteiger partial charge in [-0.1, -0.05) is 60.3 Å². The van der Waals surface area contributed by atoms with Crippen LogP contribution in [-0.2, 0) is 4.79 Å². The second kappa shape index (κ2) is 9.58. The summed E-state index contributed by atoms with van der Waals surface area (Å²) in [6.07, 6.45) is 3.81. The van der Waals surface area contributed by atoms with Crippen molar-refractivity contribution in [2.24, 2.45) is 0 Å². The molecule has 1 aliphatic heterocycles. The Hall–Kier alpha value is -3.13. The largest absolute Gasteiger partial charge is 0.366 e. The number of piperazine rings is 1. The maximum Gasteiger partial charge on any atom is 0.233 e. The number of hydrogen-bond acceptors (Lipinski definition) is 5. The van der Waals surface area contributed by atoms with Gasteiger partial charge in [-0.2, -0.15) is 0 Å². The van der Waals surface area contributed by atoms with Crippen molar-refractivity contribution >= 4 is 35.5 Å². The number of thioether (sulfide) groups is 1. The zero-order valence-electron chi connectivity index (χ0n) is 16.4. The average Bonchev–Trinajstić information content (AvgIpc) is 3.25. The van der Waals surface area contributed by atoms with E-state index < -0.39 is 0 Å². The number of benzene rings is 2. The molecule has 1 N–H and O–H groups in total. The van der Waals surface area contributed by atoms with Gasteiger partial charge in [0.25, 0.3) is 0 Å². The number of carbonyl (C=O) groups is 1. The number of rotatable bonds is 6. The normalized spacial score (nSPS) is 14.4. The molecule has 0 spiro atoms. The molecule has 1 saturated heterocycles. The number of anilines is 1. The molecule has 0 saturated carbocycles. The van der Waals surface area contributed by atoms with Crippen LogP contribution in [0.1, 0.15) is 11.4 Å². The summed E-state index contributed by atoms with van der Waals surface area (Å²) in [5.74, 6) is 0.737. The van der Waals surface area contributed by atoms with E-state index in [0.717, 1.165) is 5.56 Å². The van der Waals surface area contributed by atoms with Crippen LogP contribution in [0.15, 0.2) is 59.8 Å². The summed E-state index contributed by atoms with van der Waals surface area (Å²) in [6.45, 7) is 2.39. The predicted octanol–water partition coefficient (Wildman–Crippen LogP) is 3.56. The molecule has 8 heteroatoms. The molecule has 0 bridgehead atoms. The van der Waals surface area contributed by atoms with Crippen LogP contribution in [0.3, 0.4) is 0 Å². The van der Waals surface area contributed by atoms with Gasteiger partial charge in [-0.3, -0.25) is 9.89 Å². The number of halogens is 1. The van der Waals surface area contributed by atoms with E-state index in [1.165, 1.54) is 17.8 Å². The van der Waals surface area contributed by atoms with Crippen LogP contribution < -0.4 is 4.90 Å². The lowest BCUT2D eigenvalue weighted by molar-refractivity contribution is -0.128. The van der Waals surface area contributed by atoms with Gasteiger partial charge < -0.3 is 9.80 Å². The Balaban J connectivity index is 1.25. The van der Waals surface area contributed by atoms with Gasteiger partial charge in [-0.15, -0.1) is 5.10 Å². The maximum atomic E-state index is 13.9. The Morgan fingerprint density at radius 2 is 1.77 bits per heavy atom. The molecule has 0 atom stereocenters. The Labute approximate surface area is 178 Å². The van der Waals surface area contributed by atoms with Gasteiger partial charge in [-0.25, -0.2) is 9.37 Å². The van der Waals surface area contributed by atoms with Gasteiger partial charge in [0.1, 0.15) is 11.6 Å². The Kier molecular flexibility index (Phi) is 6.44. The van der Waals surface area contributed by atoms with Crippen LogP contribution in [0.5, 0.6) is 0 Å². The number of nitrogens with one attached hydrogen (secondary N) is 1. The van der Waals surface area contributed by atoms with Crippen molar-refractivity contribution in [3.63, 3.8) is 0 Å². The summed E-state index contributed by atoms with van der Waals surface area (Å²) >= 11 is 1.31. The van der Waals surface area contributed by atoms with Gasteiger partial charge in [0.2, 0.25) is 11.1 Å². The smallest absolute Gasteiger partial charge is 0.233 e. The molecule has 4 rings (SSSR count). The Bertz CT molecular complexity index is 1020. The predicted molar refractivity (Wildman–Crippen MR) is 118 cm³/mol. The van der Waals surface area contributed by atoms with Gasteiger partial charge in [0, 0.05) is 26.2 Å². The van der Waals surface area contributed by atoms with E-state index >= 15 is 0 Å².